The molecule has 0 radical (unpaired) electrons. The summed E-state index contributed by atoms with van der Waals surface area (Å²) in [7, 11) is -3.08. The van der Waals surface area contributed by atoms with Crippen LogP contribution in [0, 0.1) is 5.92 Å². The van der Waals surface area contributed by atoms with Gasteiger partial charge in [-0.3, -0.25) is 4.57 Å². The van der Waals surface area contributed by atoms with Crippen LogP contribution in [0.4, 0.5) is 0 Å². The summed E-state index contributed by atoms with van der Waals surface area (Å²) < 4.78 is 28.1. The third-order valence-electron chi connectivity index (χ3n) is 2.48. The van der Waals surface area contributed by atoms with Crippen LogP contribution in [0.5, 0.6) is 0 Å². The van der Waals surface area contributed by atoms with E-state index in [4.69, 9.17) is 13.8 Å². The van der Waals surface area contributed by atoms with Crippen LogP contribution < -0.4 is 0 Å². The first-order valence-electron chi connectivity index (χ1n) is 6.08. The molecule has 17 heavy (non-hydrogen) atoms. The number of hydrogen-bond donors (Lipinski definition) is 0. The minimum atomic E-state index is -3.08. The summed E-state index contributed by atoms with van der Waals surface area (Å²) in [5, 5.41) is 0. The normalized spacial score (nSPS) is 20.5. The Labute approximate surface area is 103 Å². The summed E-state index contributed by atoms with van der Waals surface area (Å²) in [6.07, 6.45) is 0.137. The number of ether oxygens (including phenoxy) is 1. The molecule has 1 atom stereocenters. The van der Waals surface area contributed by atoms with Crippen molar-refractivity contribution in [2.75, 3.05) is 26.0 Å². The molecule has 6 heteroatoms. The largest absolute Gasteiger partial charge is 0.478 e. The monoisotopic (exact) mass is 263 g/mol. The second-order valence-electron chi connectivity index (χ2n) is 4.25. The molecule has 5 nitrogen and oxygen atoms in total. The van der Waals surface area contributed by atoms with Gasteiger partial charge >= 0.3 is 7.60 Å². The fourth-order valence-corrected chi connectivity index (χ4v) is 3.10. The van der Waals surface area contributed by atoms with Gasteiger partial charge in [0, 0.05) is 0 Å². The molecule has 0 aromatic carbocycles. The van der Waals surface area contributed by atoms with Gasteiger partial charge in [0.1, 0.15) is 12.8 Å². The highest BCUT2D eigenvalue weighted by molar-refractivity contribution is 7.54. The van der Waals surface area contributed by atoms with E-state index in [2.05, 4.69) is 18.8 Å². The maximum atomic E-state index is 12.2. The van der Waals surface area contributed by atoms with Crippen molar-refractivity contribution in [3.05, 3.63) is 0 Å². The predicted molar refractivity (Wildman–Crippen MR) is 67.7 cm³/mol. The average molecular weight is 263 g/mol. The molecule has 0 spiro atoms. The Hall–Kier alpha value is -0.380. The summed E-state index contributed by atoms with van der Waals surface area (Å²) in [5.41, 5.74) is 0. The van der Waals surface area contributed by atoms with E-state index in [9.17, 15) is 4.57 Å². The number of hydrogen-bond acceptors (Lipinski definition) is 5. The molecule has 1 aliphatic heterocycles. The quantitative estimate of drug-likeness (QED) is 0.663. The number of nitrogens with zero attached hydrogens (tertiary/aromatic N) is 1. The minimum absolute atomic E-state index is 0.137. The standard InChI is InChI=1S/C11H22NO4P/c1-5-15-17(13,16-6-2)8-11-12-10(7-14-11)9(3)4/h9-10H,5-8H2,1-4H3/t10-/m1/s1. The van der Waals surface area contributed by atoms with Crippen LogP contribution in [0.1, 0.15) is 27.7 Å². The topological polar surface area (TPSA) is 57.1 Å². The fourth-order valence-electron chi connectivity index (χ4n) is 1.56. The maximum absolute atomic E-state index is 12.2. The predicted octanol–water partition coefficient (Wildman–Crippen LogP) is 2.71. The van der Waals surface area contributed by atoms with E-state index in [-0.39, 0.29) is 12.2 Å². The van der Waals surface area contributed by atoms with E-state index in [1.54, 1.807) is 13.8 Å². The van der Waals surface area contributed by atoms with Crippen molar-refractivity contribution in [1.82, 2.24) is 0 Å². The zero-order valence-corrected chi connectivity index (χ0v) is 11.9. The van der Waals surface area contributed by atoms with Gasteiger partial charge in [-0.25, -0.2) is 4.99 Å². The molecule has 0 bridgehead atoms. The van der Waals surface area contributed by atoms with Crippen molar-refractivity contribution in [3.63, 3.8) is 0 Å². The third-order valence-corrected chi connectivity index (χ3v) is 4.44. The summed E-state index contributed by atoms with van der Waals surface area (Å²) in [6, 6.07) is 0.154. The van der Waals surface area contributed by atoms with Gasteiger partial charge in [-0.15, -0.1) is 0 Å². The van der Waals surface area contributed by atoms with E-state index in [0.717, 1.165) is 0 Å². The van der Waals surface area contributed by atoms with Gasteiger partial charge in [0.2, 0.25) is 0 Å². The molecule has 0 fully saturated rings. The van der Waals surface area contributed by atoms with E-state index in [1.165, 1.54) is 0 Å². The molecule has 0 aromatic rings. The van der Waals surface area contributed by atoms with Crippen molar-refractivity contribution >= 4 is 13.5 Å². The van der Waals surface area contributed by atoms with Gasteiger partial charge in [-0.2, -0.15) is 0 Å². The van der Waals surface area contributed by atoms with Gasteiger partial charge in [0.05, 0.1) is 19.3 Å². The summed E-state index contributed by atoms with van der Waals surface area (Å²) in [6.45, 7) is 9.04. The zero-order valence-electron chi connectivity index (χ0n) is 11.0. The molecule has 0 amide bonds. The van der Waals surface area contributed by atoms with Gasteiger partial charge in [0.25, 0.3) is 0 Å². The Morgan fingerprint density at radius 3 is 2.41 bits per heavy atom. The van der Waals surface area contributed by atoms with E-state index < -0.39 is 7.60 Å². The molecule has 0 saturated heterocycles. The first-order valence-corrected chi connectivity index (χ1v) is 7.81. The van der Waals surface area contributed by atoms with Crippen molar-refractivity contribution < 1.29 is 18.3 Å². The lowest BCUT2D eigenvalue weighted by atomic mass is 10.1. The van der Waals surface area contributed by atoms with Gasteiger partial charge in [0.15, 0.2) is 5.90 Å². The Morgan fingerprint density at radius 1 is 1.41 bits per heavy atom. The molecule has 0 saturated carbocycles. The molecule has 100 valence electrons. The van der Waals surface area contributed by atoms with Gasteiger partial charge < -0.3 is 13.8 Å². The first-order chi connectivity index (χ1) is 8.00. The second-order valence-corrected chi connectivity index (χ2v) is 6.30. The van der Waals surface area contributed by atoms with Gasteiger partial charge in [-0.1, -0.05) is 13.8 Å². The van der Waals surface area contributed by atoms with Crippen molar-refractivity contribution in [2.45, 2.75) is 33.7 Å². The highest BCUT2D eigenvalue weighted by Crippen LogP contribution is 2.48. The van der Waals surface area contributed by atoms with Crippen molar-refractivity contribution in [3.8, 4) is 0 Å². The van der Waals surface area contributed by atoms with Crippen LogP contribution in [-0.2, 0) is 18.3 Å². The SMILES string of the molecule is CCOP(=O)(CC1=N[C@@H](C(C)C)CO1)OCC. The number of rotatable bonds is 7. The molecule has 0 N–H and O–H groups in total. The molecule has 1 aliphatic rings. The molecule has 0 aliphatic carbocycles. The summed E-state index contributed by atoms with van der Waals surface area (Å²) in [5.74, 6) is 0.917. The molecular weight excluding hydrogens is 241 g/mol. The molecule has 0 unspecified atom stereocenters. The highest BCUT2D eigenvalue weighted by Gasteiger charge is 2.31. The zero-order chi connectivity index (χ0) is 12.9. The van der Waals surface area contributed by atoms with Crippen LogP contribution in [-0.4, -0.2) is 37.9 Å². The van der Waals surface area contributed by atoms with Crippen molar-refractivity contribution in [2.24, 2.45) is 10.9 Å². The lowest BCUT2D eigenvalue weighted by molar-refractivity contribution is 0.221. The Bertz CT molecular complexity index is 307. The lowest BCUT2D eigenvalue weighted by Gasteiger charge is -2.16. The van der Waals surface area contributed by atoms with E-state index in [1.807, 2.05) is 0 Å². The Kier molecular flexibility index (Phi) is 5.63. The maximum Gasteiger partial charge on any atom is 0.339 e. The molecular formula is C11H22NO4P. The second kappa shape index (κ2) is 6.53. The van der Waals surface area contributed by atoms with E-state index >= 15 is 0 Å². The van der Waals surface area contributed by atoms with Crippen LogP contribution in [0.3, 0.4) is 0 Å². The van der Waals surface area contributed by atoms with Crippen LogP contribution >= 0.6 is 7.60 Å². The summed E-state index contributed by atoms with van der Waals surface area (Å²) >= 11 is 0. The lowest BCUT2D eigenvalue weighted by Crippen LogP contribution is -2.13. The van der Waals surface area contributed by atoms with E-state index in [0.29, 0.717) is 31.6 Å². The van der Waals surface area contributed by atoms with Crippen molar-refractivity contribution in [1.29, 1.82) is 0 Å². The third kappa shape index (κ3) is 4.41. The molecule has 1 heterocycles. The number of aliphatic imine (C=N–C) groups is 1. The Morgan fingerprint density at radius 2 is 2.00 bits per heavy atom. The summed E-state index contributed by atoms with van der Waals surface area (Å²) in [4.78, 5) is 4.40. The van der Waals surface area contributed by atoms with Crippen LogP contribution in [0.25, 0.3) is 0 Å². The highest BCUT2D eigenvalue weighted by atomic mass is 31.2. The molecule has 0 aromatic heterocycles. The van der Waals surface area contributed by atoms with Crippen LogP contribution in [0.2, 0.25) is 0 Å². The van der Waals surface area contributed by atoms with Crippen LogP contribution in [0.15, 0.2) is 4.99 Å². The minimum Gasteiger partial charge on any atom is -0.478 e. The fraction of sp³-hybridized carbons (Fsp3) is 0.909. The smallest absolute Gasteiger partial charge is 0.339 e. The van der Waals surface area contributed by atoms with Gasteiger partial charge in [-0.05, 0) is 19.8 Å². The first kappa shape index (κ1) is 14.7. The Balaban J connectivity index is 2.62. The average Bonchev–Trinajstić information content (AvgIpc) is 2.66. The molecule has 1 rings (SSSR count).